The maximum atomic E-state index is 15.2. The van der Waals surface area contributed by atoms with Crippen LogP contribution in [-0.4, -0.2) is 59.2 Å². The molecule has 0 bridgehead atoms. The number of hydrogen-bond acceptors (Lipinski definition) is 6. The van der Waals surface area contributed by atoms with Crippen molar-refractivity contribution in [2.75, 3.05) is 37.7 Å². The van der Waals surface area contributed by atoms with E-state index in [1.807, 2.05) is 13.0 Å². The lowest BCUT2D eigenvalue weighted by molar-refractivity contribution is 0.0694. The molecule has 4 rings (SSSR count). The number of anilines is 1. The van der Waals surface area contributed by atoms with Gasteiger partial charge in [0, 0.05) is 32.4 Å². The van der Waals surface area contributed by atoms with Gasteiger partial charge >= 0.3 is 5.97 Å². The molecule has 10 heteroatoms. The summed E-state index contributed by atoms with van der Waals surface area (Å²) in [6, 6.07) is 2.82. The molecule has 1 atom stereocenters. The molecule has 1 fully saturated rings. The van der Waals surface area contributed by atoms with E-state index in [4.69, 9.17) is 15.4 Å². The number of benzene rings is 1. The normalized spacial score (nSPS) is 18.1. The number of nitriles is 1. The Hall–Kier alpha value is -3.61. The van der Waals surface area contributed by atoms with Crippen LogP contribution < -0.4 is 15.1 Å². The molecule has 1 aromatic heterocycles. The fourth-order valence-electron chi connectivity index (χ4n) is 4.05. The summed E-state index contributed by atoms with van der Waals surface area (Å²) < 4.78 is 22.7. The number of pyridine rings is 1. The summed E-state index contributed by atoms with van der Waals surface area (Å²) in [5.74, 6) is -1.54. The molecule has 2 N–H and O–H groups in total. The molecule has 1 unspecified atom stereocenters. The van der Waals surface area contributed by atoms with E-state index in [-0.39, 0.29) is 41.7 Å². The number of halogens is 1. The van der Waals surface area contributed by atoms with Gasteiger partial charge in [0.2, 0.25) is 5.43 Å². The van der Waals surface area contributed by atoms with Crippen molar-refractivity contribution in [2.45, 2.75) is 19.4 Å². The lowest BCUT2D eigenvalue weighted by Gasteiger charge is -2.38. The van der Waals surface area contributed by atoms with Gasteiger partial charge in [-0.3, -0.25) is 10.2 Å². The van der Waals surface area contributed by atoms with Crippen molar-refractivity contribution in [3.63, 3.8) is 0 Å². The first kappa shape index (κ1) is 19.7. The topological polar surface area (TPSA) is 123 Å². The van der Waals surface area contributed by atoms with Crippen LogP contribution in [0.3, 0.4) is 0 Å². The highest BCUT2D eigenvalue weighted by Crippen LogP contribution is 2.42. The Balaban J connectivity index is 1.80. The summed E-state index contributed by atoms with van der Waals surface area (Å²) in [6.07, 6.45) is 1.32. The van der Waals surface area contributed by atoms with Crippen LogP contribution in [0.5, 0.6) is 5.75 Å². The Morgan fingerprint density at radius 2 is 2.10 bits per heavy atom. The first-order valence-corrected chi connectivity index (χ1v) is 9.55. The molecule has 156 valence electrons. The number of nitrogens with zero attached hydrogens (tertiary/aromatic N) is 4. The van der Waals surface area contributed by atoms with Crippen molar-refractivity contribution in [1.29, 1.82) is 10.7 Å². The number of carboxylic acids is 1. The molecule has 30 heavy (non-hydrogen) atoms. The highest BCUT2D eigenvalue weighted by Gasteiger charge is 2.31. The van der Waals surface area contributed by atoms with Gasteiger partial charge in [0.15, 0.2) is 11.6 Å². The van der Waals surface area contributed by atoms with E-state index < -0.39 is 22.8 Å². The zero-order valence-corrected chi connectivity index (χ0v) is 16.3. The Bertz CT molecular complexity index is 1160. The number of aromatic carboxylic acids is 1. The van der Waals surface area contributed by atoms with Gasteiger partial charge in [0.1, 0.15) is 23.7 Å². The largest absolute Gasteiger partial charge is 0.487 e. The van der Waals surface area contributed by atoms with Gasteiger partial charge in [-0.1, -0.05) is 0 Å². The molecule has 2 aliphatic heterocycles. The van der Waals surface area contributed by atoms with Crippen molar-refractivity contribution < 1.29 is 19.0 Å². The monoisotopic (exact) mass is 413 g/mol. The highest BCUT2D eigenvalue weighted by atomic mass is 19.1. The molecule has 9 nitrogen and oxygen atoms in total. The van der Waals surface area contributed by atoms with Crippen molar-refractivity contribution >= 4 is 28.4 Å². The predicted octanol–water partition coefficient (Wildman–Crippen LogP) is 1.81. The number of ether oxygens (including phenoxy) is 1. The van der Waals surface area contributed by atoms with Gasteiger partial charge in [0.25, 0.3) is 0 Å². The standard InChI is InChI=1S/C20H20FN5O4/c1-11-10-30-19-16-12(18(27)13(20(28)29)9-26(11)16)8-14(21)17(19)25-6-4-24(5-7-25)15(23)2-3-22/h8-9,11,23H,2,4-7,10H2,1H3,(H,28,29). The van der Waals surface area contributed by atoms with Gasteiger partial charge in [-0.05, 0) is 13.0 Å². The molecule has 0 saturated carbocycles. The number of hydrogen-bond donors (Lipinski definition) is 2. The number of carboxylic acid groups (broad SMARTS) is 1. The molecule has 0 radical (unpaired) electrons. The van der Waals surface area contributed by atoms with Gasteiger partial charge in [-0.2, -0.15) is 5.26 Å². The molecular weight excluding hydrogens is 393 g/mol. The maximum absolute atomic E-state index is 15.2. The van der Waals surface area contributed by atoms with Crippen LogP contribution in [0.2, 0.25) is 0 Å². The molecule has 3 heterocycles. The lowest BCUT2D eigenvalue weighted by Crippen LogP contribution is -2.49. The van der Waals surface area contributed by atoms with Crippen molar-refractivity contribution in [3.8, 4) is 11.8 Å². The van der Waals surface area contributed by atoms with Crippen molar-refractivity contribution in [3.05, 3.63) is 33.9 Å². The van der Waals surface area contributed by atoms with Crippen LogP contribution in [0.25, 0.3) is 10.9 Å². The van der Waals surface area contributed by atoms with E-state index in [0.717, 1.165) is 6.07 Å². The molecule has 0 aliphatic carbocycles. The zero-order chi connectivity index (χ0) is 21.6. The number of carbonyl (C=O) groups is 1. The lowest BCUT2D eigenvalue weighted by atomic mass is 10.1. The van der Waals surface area contributed by atoms with Crippen LogP contribution in [0.1, 0.15) is 29.7 Å². The van der Waals surface area contributed by atoms with Crippen LogP contribution in [0.4, 0.5) is 10.1 Å². The quantitative estimate of drug-likeness (QED) is 0.581. The van der Waals surface area contributed by atoms with E-state index >= 15 is 4.39 Å². The molecule has 0 spiro atoms. The third kappa shape index (κ3) is 3.03. The Morgan fingerprint density at radius 1 is 1.40 bits per heavy atom. The van der Waals surface area contributed by atoms with Crippen LogP contribution in [-0.2, 0) is 0 Å². The summed E-state index contributed by atoms with van der Waals surface area (Å²) in [5.41, 5.74) is -0.524. The molecule has 2 aliphatic rings. The van der Waals surface area contributed by atoms with E-state index in [9.17, 15) is 14.7 Å². The number of aromatic nitrogens is 1. The molecular formula is C20H20FN5O4. The predicted molar refractivity (Wildman–Crippen MR) is 107 cm³/mol. The van der Waals surface area contributed by atoms with E-state index in [1.165, 1.54) is 6.20 Å². The molecule has 2 aromatic rings. The number of nitrogens with one attached hydrogen (secondary N) is 1. The summed E-state index contributed by atoms with van der Waals surface area (Å²) in [5, 5.41) is 26.0. The minimum absolute atomic E-state index is 0.0212. The number of amidine groups is 1. The Kier molecular flexibility index (Phi) is 4.81. The third-order valence-electron chi connectivity index (χ3n) is 5.60. The Morgan fingerprint density at radius 3 is 2.73 bits per heavy atom. The minimum atomic E-state index is -1.36. The SMILES string of the molecule is CC1COc2c(N3CCN(C(=N)CC#N)CC3)c(F)cc3c(=O)c(C(=O)O)cn1c23. The van der Waals surface area contributed by atoms with Gasteiger partial charge in [-0.25, -0.2) is 9.18 Å². The average Bonchev–Trinajstić information content (AvgIpc) is 2.72. The maximum Gasteiger partial charge on any atom is 0.341 e. The highest BCUT2D eigenvalue weighted by molar-refractivity contribution is 5.97. The number of piperazine rings is 1. The van der Waals surface area contributed by atoms with E-state index in [0.29, 0.717) is 31.7 Å². The first-order valence-electron chi connectivity index (χ1n) is 9.55. The van der Waals surface area contributed by atoms with Gasteiger partial charge < -0.3 is 24.2 Å². The second-order valence-corrected chi connectivity index (χ2v) is 7.43. The van der Waals surface area contributed by atoms with Crippen LogP contribution in [0, 0.1) is 22.6 Å². The summed E-state index contributed by atoms with van der Waals surface area (Å²) in [7, 11) is 0. The van der Waals surface area contributed by atoms with Gasteiger partial charge in [0.05, 0.1) is 29.4 Å². The fourth-order valence-corrected chi connectivity index (χ4v) is 4.05. The molecule has 1 saturated heterocycles. The minimum Gasteiger partial charge on any atom is -0.487 e. The van der Waals surface area contributed by atoms with Crippen LogP contribution in [0.15, 0.2) is 17.1 Å². The van der Waals surface area contributed by atoms with Crippen molar-refractivity contribution in [1.82, 2.24) is 9.47 Å². The third-order valence-corrected chi connectivity index (χ3v) is 5.60. The van der Waals surface area contributed by atoms with Gasteiger partial charge in [-0.15, -0.1) is 0 Å². The Labute approximate surface area is 171 Å². The van der Waals surface area contributed by atoms with Crippen LogP contribution >= 0.6 is 0 Å². The number of rotatable bonds is 3. The second-order valence-electron chi connectivity index (χ2n) is 7.43. The zero-order valence-electron chi connectivity index (χ0n) is 16.3. The fraction of sp³-hybridized carbons (Fsp3) is 0.400. The molecule has 0 amide bonds. The average molecular weight is 413 g/mol. The summed E-state index contributed by atoms with van der Waals surface area (Å²) in [4.78, 5) is 27.7. The summed E-state index contributed by atoms with van der Waals surface area (Å²) in [6.45, 7) is 3.80. The first-order chi connectivity index (χ1) is 14.3. The van der Waals surface area contributed by atoms with Crippen molar-refractivity contribution in [2.24, 2.45) is 0 Å². The summed E-state index contributed by atoms with van der Waals surface area (Å²) >= 11 is 0. The molecule has 1 aromatic carbocycles. The second kappa shape index (κ2) is 7.33. The smallest absolute Gasteiger partial charge is 0.341 e. The van der Waals surface area contributed by atoms with E-state index in [2.05, 4.69) is 0 Å². The van der Waals surface area contributed by atoms with E-state index in [1.54, 1.807) is 14.4 Å².